The summed E-state index contributed by atoms with van der Waals surface area (Å²) in [7, 11) is 0. The second-order valence-corrected chi connectivity index (χ2v) is 4.34. The normalized spacial score (nSPS) is 11.6. The molecule has 0 saturated heterocycles. The highest BCUT2D eigenvalue weighted by molar-refractivity contribution is 5.54. The van der Waals surface area contributed by atoms with Crippen LogP contribution < -0.4 is 11.1 Å². The number of nitrogens with two attached hydrogens (primary N) is 1. The van der Waals surface area contributed by atoms with Crippen molar-refractivity contribution in [1.82, 2.24) is 9.97 Å². The van der Waals surface area contributed by atoms with Crippen molar-refractivity contribution in [3.05, 3.63) is 11.9 Å². The molecule has 0 atom stereocenters. The first-order chi connectivity index (χ1) is 8.94. The zero-order valence-electron chi connectivity index (χ0n) is 10.9. The van der Waals surface area contributed by atoms with Gasteiger partial charge in [0.05, 0.1) is 0 Å². The molecule has 1 aromatic heterocycles. The van der Waals surface area contributed by atoms with E-state index in [4.69, 9.17) is 5.73 Å². The van der Waals surface area contributed by atoms with Gasteiger partial charge in [0.15, 0.2) is 0 Å². The van der Waals surface area contributed by atoms with E-state index < -0.39 is 12.6 Å². The maximum absolute atomic E-state index is 12.0. The largest absolute Gasteiger partial charge is 0.389 e. The van der Waals surface area contributed by atoms with E-state index in [1.165, 1.54) is 6.33 Å². The summed E-state index contributed by atoms with van der Waals surface area (Å²) in [6, 6.07) is 0. The molecule has 19 heavy (non-hydrogen) atoms. The Bertz CT molecular complexity index is 393. The van der Waals surface area contributed by atoms with E-state index in [-0.39, 0.29) is 6.42 Å². The molecule has 0 aliphatic heterocycles. The molecule has 7 heteroatoms. The average molecular weight is 276 g/mol. The molecule has 0 bridgehead atoms. The van der Waals surface area contributed by atoms with Crippen LogP contribution in [0.3, 0.4) is 0 Å². The number of halogens is 3. The third-order valence-electron chi connectivity index (χ3n) is 2.66. The van der Waals surface area contributed by atoms with Crippen LogP contribution in [0.25, 0.3) is 0 Å². The van der Waals surface area contributed by atoms with Crippen LogP contribution in [0.1, 0.15) is 38.2 Å². The van der Waals surface area contributed by atoms with Gasteiger partial charge < -0.3 is 11.1 Å². The molecule has 1 rings (SSSR count). The first-order valence-electron chi connectivity index (χ1n) is 6.34. The number of alkyl halides is 3. The zero-order chi connectivity index (χ0) is 14.3. The summed E-state index contributed by atoms with van der Waals surface area (Å²) in [5.41, 5.74) is 6.59. The second-order valence-electron chi connectivity index (χ2n) is 4.34. The summed E-state index contributed by atoms with van der Waals surface area (Å²) in [5.74, 6) is 1.05. The summed E-state index contributed by atoms with van der Waals surface area (Å²) in [4.78, 5) is 7.99. The fraction of sp³-hybridized carbons (Fsp3) is 0.667. The van der Waals surface area contributed by atoms with Crippen molar-refractivity contribution in [3.8, 4) is 0 Å². The Balaban J connectivity index is 2.43. The highest BCUT2D eigenvalue weighted by Gasteiger charge is 2.25. The number of unbranched alkanes of at least 4 members (excludes halogenated alkanes) is 1. The maximum Gasteiger partial charge on any atom is 0.389 e. The smallest absolute Gasteiger partial charge is 0.383 e. The van der Waals surface area contributed by atoms with Gasteiger partial charge in [-0.05, 0) is 19.3 Å². The van der Waals surface area contributed by atoms with Crippen LogP contribution in [0.5, 0.6) is 0 Å². The third-order valence-corrected chi connectivity index (χ3v) is 2.66. The molecular weight excluding hydrogens is 257 g/mol. The van der Waals surface area contributed by atoms with Crippen molar-refractivity contribution >= 4 is 11.6 Å². The average Bonchev–Trinajstić information content (AvgIpc) is 2.31. The summed E-state index contributed by atoms with van der Waals surface area (Å²) < 4.78 is 35.9. The minimum absolute atomic E-state index is 0.111. The van der Waals surface area contributed by atoms with Crippen LogP contribution in [0.2, 0.25) is 0 Å². The highest BCUT2D eigenvalue weighted by atomic mass is 19.4. The lowest BCUT2D eigenvalue weighted by Gasteiger charge is -2.12. The van der Waals surface area contributed by atoms with Crippen molar-refractivity contribution in [3.63, 3.8) is 0 Å². The number of hydrogen-bond acceptors (Lipinski definition) is 4. The number of aromatic nitrogens is 2. The Labute approximate surface area is 110 Å². The summed E-state index contributed by atoms with van der Waals surface area (Å²) >= 11 is 0. The van der Waals surface area contributed by atoms with E-state index in [1.807, 2.05) is 6.92 Å². The molecule has 0 spiro atoms. The molecule has 0 aliphatic carbocycles. The van der Waals surface area contributed by atoms with Gasteiger partial charge >= 0.3 is 6.18 Å². The predicted molar refractivity (Wildman–Crippen MR) is 68.8 cm³/mol. The topological polar surface area (TPSA) is 63.8 Å². The van der Waals surface area contributed by atoms with Gasteiger partial charge in [-0.25, -0.2) is 9.97 Å². The Morgan fingerprint density at radius 3 is 2.63 bits per heavy atom. The van der Waals surface area contributed by atoms with Gasteiger partial charge in [-0.15, -0.1) is 0 Å². The number of nitrogens with zero attached hydrogens (tertiary/aromatic N) is 2. The Morgan fingerprint density at radius 2 is 2.00 bits per heavy atom. The van der Waals surface area contributed by atoms with Gasteiger partial charge in [-0.2, -0.15) is 13.2 Å². The van der Waals surface area contributed by atoms with Gasteiger partial charge in [0.2, 0.25) is 0 Å². The molecule has 1 aromatic rings. The van der Waals surface area contributed by atoms with Gasteiger partial charge in [-0.3, -0.25) is 0 Å². The van der Waals surface area contributed by atoms with E-state index in [9.17, 15) is 13.2 Å². The lowest BCUT2D eigenvalue weighted by molar-refractivity contribution is -0.135. The Morgan fingerprint density at radius 1 is 1.26 bits per heavy atom. The van der Waals surface area contributed by atoms with E-state index in [1.54, 1.807) is 0 Å². The number of rotatable bonds is 7. The maximum atomic E-state index is 12.0. The lowest BCUT2D eigenvalue weighted by Crippen LogP contribution is -2.11. The number of hydrogen-bond donors (Lipinski definition) is 2. The molecule has 0 saturated carbocycles. The van der Waals surface area contributed by atoms with Crippen molar-refractivity contribution in [1.29, 1.82) is 0 Å². The monoisotopic (exact) mass is 276 g/mol. The zero-order valence-corrected chi connectivity index (χ0v) is 10.9. The molecule has 0 radical (unpaired) electrons. The Kier molecular flexibility index (Phi) is 5.85. The molecule has 0 fully saturated rings. The van der Waals surface area contributed by atoms with Crippen LogP contribution in [0.15, 0.2) is 6.33 Å². The molecule has 0 aliphatic rings. The highest BCUT2D eigenvalue weighted by Crippen LogP contribution is 2.22. The fourth-order valence-electron chi connectivity index (χ4n) is 1.73. The summed E-state index contributed by atoms with van der Waals surface area (Å²) in [5, 5.41) is 3.03. The molecule has 4 nitrogen and oxygen atoms in total. The summed E-state index contributed by atoms with van der Waals surface area (Å²) in [6.45, 7) is 2.46. The van der Waals surface area contributed by atoms with Crippen LogP contribution in [-0.2, 0) is 6.42 Å². The number of anilines is 2. The molecule has 0 amide bonds. The SMILES string of the molecule is CCCc1c(N)ncnc1NCCCCC(F)(F)F. The van der Waals surface area contributed by atoms with Crippen LogP contribution in [0.4, 0.5) is 24.8 Å². The van der Waals surface area contributed by atoms with E-state index in [0.29, 0.717) is 24.6 Å². The van der Waals surface area contributed by atoms with E-state index in [2.05, 4.69) is 15.3 Å². The predicted octanol–water partition coefficient (Wildman–Crippen LogP) is 3.16. The van der Waals surface area contributed by atoms with Crippen molar-refractivity contribution in [2.45, 2.75) is 45.2 Å². The third kappa shape index (κ3) is 5.76. The van der Waals surface area contributed by atoms with Gasteiger partial charge in [-0.1, -0.05) is 13.3 Å². The first-order valence-corrected chi connectivity index (χ1v) is 6.34. The van der Waals surface area contributed by atoms with Crippen LogP contribution >= 0.6 is 0 Å². The fourth-order valence-corrected chi connectivity index (χ4v) is 1.73. The van der Waals surface area contributed by atoms with Gasteiger partial charge in [0, 0.05) is 18.5 Å². The van der Waals surface area contributed by atoms with Gasteiger partial charge in [0.1, 0.15) is 18.0 Å². The lowest BCUT2D eigenvalue weighted by atomic mass is 10.1. The second kappa shape index (κ2) is 7.16. The van der Waals surface area contributed by atoms with Crippen molar-refractivity contribution in [2.24, 2.45) is 0 Å². The molecule has 0 unspecified atom stereocenters. The quantitative estimate of drug-likeness (QED) is 0.751. The summed E-state index contributed by atoms with van der Waals surface area (Å²) in [6.07, 6.45) is -1.27. The molecule has 108 valence electrons. The standard InChI is InChI=1S/C12H19F3N4/c1-2-5-9-10(16)18-8-19-11(9)17-7-4-3-6-12(13,14)15/h8H,2-7H2,1H3,(H3,16,17,18,19). The van der Waals surface area contributed by atoms with Crippen molar-refractivity contribution < 1.29 is 13.2 Å². The van der Waals surface area contributed by atoms with Crippen LogP contribution in [-0.4, -0.2) is 22.7 Å². The molecular formula is C12H19F3N4. The minimum Gasteiger partial charge on any atom is -0.383 e. The van der Waals surface area contributed by atoms with Crippen LogP contribution in [0, 0.1) is 0 Å². The minimum atomic E-state index is -4.08. The molecule has 0 aromatic carbocycles. The van der Waals surface area contributed by atoms with Crippen molar-refractivity contribution in [2.75, 3.05) is 17.6 Å². The number of nitrogens with one attached hydrogen (secondary N) is 1. The van der Waals surface area contributed by atoms with Gasteiger partial charge in [0.25, 0.3) is 0 Å². The Hall–Kier alpha value is -1.53. The number of nitrogen functional groups attached to an aromatic ring is 1. The molecule has 3 N–H and O–H groups in total. The van der Waals surface area contributed by atoms with E-state index in [0.717, 1.165) is 18.4 Å². The molecule has 1 heterocycles. The first kappa shape index (κ1) is 15.5. The van der Waals surface area contributed by atoms with E-state index >= 15 is 0 Å².